The van der Waals surface area contributed by atoms with Crippen LogP contribution in [0, 0.1) is 11.8 Å². The lowest BCUT2D eigenvalue weighted by Crippen LogP contribution is -2.45. The number of amides is 1. The van der Waals surface area contributed by atoms with E-state index in [2.05, 4.69) is 9.80 Å². The highest BCUT2D eigenvalue weighted by molar-refractivity contribution is 5.81. The van der Waals surface area contributed by atoms with Crippen LogP contribution in [0.5, 0.6) is 0 Å². The molecule has 2 aliphatic carbocycles. The van der Waals surface area contributed by atoms with Crippen LogP contribution in [0.25, 0.3) is 0 Å². The number of carbonyl (C=O) groups excluding carboxylic acids is 1. The SMILES string of the molecule is CN(C)CCN(C(=O)C1CCC(C(=O)O)C1)C1CCCC1. The van der Waals surface area contributed by atoms with Crippen molar-refractivity contribution in [3.8, 4) is 0 Å². The monoisotopic (exact) mass is 296 g/mol. The van der Waals surface area contributed by atoms with Gasteiger partial charge < -0.3 is 14.9 Å². The van der Waals surface area contributed by atoms with Crippen LogP contribution in [0.2, 0.25) is 0 Å². The van der Waals surface area contributed by atoms with Crippen LogP contribution in [-0.4, -0.2) is 60.0 Å². The Bertz CT molecular complexity index is 378. The molecule has 2 atom stereocenters. The Morgan fingerprint density at radius 3 is 2.14 bits per heavy atom. The van der Waals surface area contributed by atoms with Crippen molar-refractivity contribution in [1.82, 2.24) is 9.80 Å². The van der Waals surface area contributed by atoms with Crippen molar-refractivity contribution in [2.24, 2.45) is 11.8 Å². The van der Waals surface area contributed by atoms with Crippen LogP contribution >= 0.6 is 0 Å². The molecule has 2 rings (SSSR count). The molecule has 0 spiro atoms. The third-order valence-corrected chi connectivity index (χ3v) is 4.97. The summed E-state index contributed by atoms with van der Waals surface area (Å²) >= 11 is 0. The van der Waals surface area contributed by atoms with Gasteiger partial charge in [-0.3, -0.25) is 9.59 Å². The van der Waals surface area contributed by atoms with Crippen LogP contribution in [0.3, 0.4) is 0 Å². The van der Waals surface area contributed by atoms with Gasteiger partial charge in [-0.05, 0) is 46.2 Å². The molecule has 120 valence electrons. The molecule has 0 radical (unpaired) electrons. The molecule has 0 bridgehead atoms. The maximum Gasteiger partial charge on any atom is 0.306 e. The van der Waals surface area contributed by atoms with Gasteiger partial charge in [0.2, 0.25) is 5.91 Å². The van der Waals surface area contributed by atoms with Crippen molar-refractivity contribution >= 4 is 11.9 Å². The molecule has 0 aromatic carbocycles. The summed E-state index contributed by atoms with van der Waals surface area (Å²) in [4.78, 5) is 28.1. The zero-order valence-electron chi connectivity index (χ0n) is 13.3. The number of hydrogen-bond acceptors (Lipinski definition) is 3. The topological polar surface area (TPSA) is 60.9 Å². The first-order valence-electron chi connectivity index (χ1n) is 8.17. The largest absolute Gasteiger partial charge is 0.481 e. The van der Waals surface area contributed by atoms with Crippen LogP contribution in [0.1, 0.15) is 44.9 Å². The number of carbonyl (C=O) groups is 2. The Balaban J connectivity index is 1.98. The summed E-state index contributed by atoms with van der Waals surface area (Å²) < 4.78 is 0. The van der Waals surface area contributed by atoms with Crippen molar-refractivity contribution < 1.29 is 14.7 Å². The van der Waals surface area contributed by atoms with E-state index in [-0.39, 0.29) is 17.7 Å². The Kier molecular flexibility index (Phi) is 5.62. The molecule has 2 aliphatic rings. The van der Waals surface area contributed by atoms with Gasteiger partial charge >= 0.3 is 5.97 Å². The summed E-state index contributed by atoms with van der Waals surface area (Å²) in [6.07, 6.45) is 6.54. The van der Waals surface area contributed by atoms with Gasteiger partial charge in [-0.15, -0.1) is 0 Å². The second-order valence-corrected chi connectivity index (χ2v) is 6.82. The number of hydrogen-bond donors (Lipinski definition) is 1. The summed E-state index contributed by atoms with van der Waals surface area (Å²) in [5, 5.41) is 9.11. The summed E-state index contributed by atoms with van der Waals surface area (Å²) in [6.45, 7) is 1.64. The molecule has 2 unspecified atom stereocenters. The highest BCUT2D eigenvalue weighted by atomic mass is 16.4. The third kappa shape index (κ3) is 4.19. The van der Waals surface area contributed by atoms with Crippen molar-refractivity contribution in [2.75, 3.05) is 27.2 Å². The summed E-state index contributed by atoms with van der Waals surface area (Å²) in [5.74, 6) is -0.939. The molecule has 5 nitrogen and oxygen atoms in total. The lowest BCUT2D eigenvalue weighted by Gasteiger charge is -2.32. The van der Waals surface area contributed by atoms with Gasteiger partial charge in [0, 0.05) is 25.0 Å². The van der Waals surface area contributed by atoms with E-state index in [4.69, 9.17) is 5.11 Å². The molecule has 21 heavy (non-hydrogen) atoms. The number of likely N-dealkylation sites (N-methyl/N-ethyl adjacent to an activating group) is 1. The van der Waals surface area contributed by atoms with Crippen molar-refractivity contribution in [3.63, 3.8) is 0 Å². The predicted molar refractivity (Wildman–Crippen MR) is 81.0 cm³/mol. The standard InChI is InChI=1S/C16H28N2O3/c1-17(2)9-10-18(14-5-3-4-6-14)15(19)12-7-8-13(11-12)16(20)21/h12-14H,3-11H2,1-2H3,(H,20,21). The van der Waals surface area contributed by atoms with E-state index in [0.29, 0.717) is 18.9 Å². The molecule has 0 aromatic heterocycles. The smallest absolute Gasteiger partial charge is 0.306 e. The summed E-state index contributed by atoms with van der Waals surface area (Å²) in [6, 6.07) is 0.376. The first-order valence-corrected chi connectivity index (χ1v) is 8.17. The first-order chi connectivity index (χ1) is 9.99. The second kappa shape index (κ2) is 7.25. The second-order valence-electron chi connectivity index (χ2n) is 6.82. The highest BCUT2D eigenvalue weighted by Crippen LogP contribution is 2.34. The van der Waals surface area contributed by atoms with E-state index in [1.54, 1.807) is 0 Å². The average Bonchev–Trinajstić information content (AvgIpc) is 3.09. The number of carboxylic acids is 1. The zero-order chi connectivity index (χ0) is 15.4. The number of carboxylic acid groups (broad SMARTS) is 1. The fraction of sp³-hybridized carbons (Fsp3) is 0.875. The van der Waals surface area contributed by atoms with E-state index in [1.807, 2.05) is 14.1 Å². The zero-order valence-corrected chi connectivity index (χ0v) is 13.3. The quantitative estimate of drug-likeness (QED) is 0.812. The van der Waals surface area contributed by atoms with Crippen LogP contribution in [0.15, 0.2) is 0 Å². The van der Waals surface area contributed by atoms with Crippen molar-refractivity contribution in [2.45, 2.75) is 51.0 Å². The molecule has 0 aromatic rings. The van der Waals surface area contributed by atoms with E-state index in [1.165, 1.54) is 12.8 Å². The van der Waals surface area contributed by atoms with Crippen LogP contribution < -0.4 is 0 Å². The fourth-order valence-electron chi connectivity index (χ4n) is 3.66. The minimum Gasteiger partial charge on any atom is -0.481 e. The highest BCUT2D eigenvalue weighted by Gasteiger charge is 2.38. The molecular formula is C16H28N2O3. The Labute approximate surface area is 127 Å². The van der Waals surface area contributed by atoms with E-state index in [9.17, 15) is 9.59 Å². The molecule has 2 saturated carbocycles. The van der Waals surface area contributed by atoms with Crippen molar-refractivity contribution in [3.05, 3.63) is 0 Å². The van der Waals surface area contributed by atoms with Gasteiger partial charge in [0.05, 0.1) is 5.92 Å². The Hall–Kier alpha value is -1.10. The van der Waals surface area contributed by atoms with E-state index >= 15 is 0 Å². The van der Waals surface area contributed by atoms with Gasteiger partial charge in [0.1, 0.15) is 0 Å². The van der Waals surface area contributed by atoms with Gasteiger partial charge in [-0.25, -0.2) is 0 Å². The fourth-order valence-corrected chi connectivity index (χ4v) is 3.66. The Morgan fingerprint density at radius 1 is 1.00 bits per heavy atom. The minimum absolute atomic E-state index is 0.0751. The molecule has 0 aliphatic heterocycles. The average molecular weight is 296 g/mol. The van der Waals surface area contributed by atoms with Gasteiger partial charge in [0.15, 0.2) is 0 Å². The molecule has 0 saturated heterocycles. The van der Waals surface area contributed by atoms with Gasteiger partial charge in [-0.2, -0.15) is 0 Å². The molecular weight excluding hydrogens is 268 g/mol. The lowest BCUT2D eigenvalue weighted by atomic mass is 10.0. The van der Waals surface area contributed by atoms with Gasteiger partial charge in [0.25, 0.3) is 0 Å². The molecule has 1 amide bonds. The number of aliphatic carboxylic acids is 1. The van der Waals surface area contributed by atoms with Gasteiger partial charge in [-0.1, -0.05) is 12.8 Å². The first kappa shape index (κ1) is 16.3. The lowest BCUT2D eigenvalue weighted by molar-refractivity contribution is -0.142. The van der Waals surface area contributed by atoms with E-state index in [0.717, 1.165) is 32.4 Å². The summed E-state index contributed by atoms with van der Waals surface area (Å²) in [5.41, 5.74) is 0. The van der Waals surface area contributed by atoms with Crippen LogP contribution in [-0.2, 0) is 9.59 Å². The normalized spacial score (nSPS) is 26.4. The molecule has 2 fully saturated rings. The van der Waals surface area contributed by atoms with Crippen molar-refractivity contribution in [1.29, 1.82) is 0 Å². The number of nitrogens with zero attached hydrogens (tertiary/aromatic N) is 2. The molecule has 5 heteroatoms. The maximum atomic E-state index is 12.8. The minimum atomic E-state index is -0.744. The van der Waals surface area contributed by atoms with E-state index < -0.39 is 5.97 Å². The summed E-state index contributed by atoms with van der Waals surface area (Å²) in [7, 11) is 4.04. The maximum absolute atomic E-state index is 12.8. The molecule has 1 N–H and O–H groups in total. The third-order valence-electron chi connectivity index (χ3n) is 4.97. The van der Waals surface area contributed by atoms with Crippen LogP contribution in [0.4, 0.5) is 0 Å². The number of rotatable bonds is 6. The predicted octanol–water partition coefficient (Wildman–Crippen LogP) is 1.82. The molecule has 0 heterocycles. The Morgan fingerprint density at radius 2 is 1.62 bits per heavy atom.